The topological polar surface area (TPSA) is 36.1 Å². The lowest BCUT2D eigenvalue weighted by molar-refractivity contribution is 0.516. The first-order chi connectivity index (χ1) is 18.9. The van der Waals surface area contributed by atoms with E-state index in [0.29, 0.717) is 5.78 Å². The fourth-order valence-electron chi connectivity index (χ4n) is 6.19. The molecule has 4 heteroatoms. The van der Waals surface area contributed by atoms with E-state index in [9.17, 15) is 0 Å². The van der Waals surface area contributed by atoms with Gasteiger partial charge in [0.15, 0.2) is 0 Å². The third-order valence-electron chi connectivity index (χ3n) is 7.76. The molecule has 0 saturated heterocycles. The van der Waals surface area contributed by atoms with Gasteiger partial charge in [-0.15, -0.1) is 0 Å². The predicted octanol–water partition coefficient (Wildman–Crippen LogP) is 9.37. The number of hydrogen-bond acceptors (Lipinski definition) is 2. The monoisotopic (exact) mass is 488 g/mol. The van der Waals surface area contributed by atoms with E-state index in [2.05, 4.69) is 112 Å². The van der Waals surface area contributed by atoms with Gasteiger partial charge in [-0.05, 0) is 48.5 Å². The van der Waals surface area contributed by atoms with E-state index in [1.807, 2.05) is 18.2 Å². The first kappa shape index (κ1) is 19.9. The van der Waals surface area contributed by atoms with E-state index >= 15 is 0 Å². The van der Waals surface area contributed by atoms with Crippen molar-refractivity contribution in [3.63, 3.8) is 0 Å². The Morgan fingerprint density at radius 3 is 1.92 bits per heavy atom. The van der Waals surface area contributed by atoms with Crippen molar-refractivity contribution in [2.75, 3.05) is 0 Å². The Morgan fingerprint density at radius 1 is 0.421 bits per heavy atom. The van der Waals surface area contributed by atoms with Gasteiger partial charge in [-0.3, -0.25) is 4.57 Å². The smallest absolute Gasteiger partial charge is 0.300 e. The summed E-state index contributed by atoms with van der Waals surface area (Å²) in [5.74, 6) is 0.567. The molecule has 0 radical (unpaired) electrons. The first-order valence-electron chi connectivity index (χ1n) is 12.8. The summed E-state index contributed by atoms with van der Waals surface area (Å²) in [6, 6.07) is 42.5. The average molecular weight is 489 g/mol. The number of rotatable bonds is 2. The van der Waals surface area contributed by atoms with Crippen molar-refractivity contribution in [2.45, 2.75) is 0 Å². The van der Waals surface area contributed by atoms with Crippen LogP contribution in [0.5, 0.6) is 0 Å². The summed E-state index contributed by atoms with van der Waals surface area (Å²) in [4.78, 5) is 0. The van der Waals surface area contributed by atoms with Crippen LogP contribution >= 0.6 is 0 Å². The molecule has 0 atom stereocenters. The Labute approximate surface area is 216 Å². The quantitative estimate of drug-likeness (QED) is 0.243. The van der Waals surface area contributed by atoms with Crippen LogP contribution in [-0.4, -0.2) is 9.13 Å². The Balaban J connectivity index is 1.40. The standard InChI is InChI=1S/C34H20N2O2/c1-2-10-21(11-3-1)35-27-15-7-4-12-23(27)26-20-22(18-19-29(26)35)36-28-16-8-5-13-24(28)31-32-25-14-6-9-17-30(25)37-34(32)38-33(31)36/h1-20H. The van der Waals surface area contributed by atoms with Crippen molar-refractivity contribution in [3.8, 4) is 11.4 Å². The van der Waals surface area contributed by atoms with Crippen molar-refractivity contribution in [1.82, 2.24) is 9.13 Å². The maximum Gasteiger partial charge on any atom is 0.300 e. The van der Waals surface area contributed by atoms with Gasteiger partial charge in [0.1, 0.15) is 5.58 Å². The SMILES string of the molecule is c1ccc(-n2c3ccccc3c3cc(-n4c5ccccc5c5c6c(oc7ccccc76)oc54)ccc32)cc1. The molecule has 0 aliphatic rings. The summed E-state index contributed by atoms with van der Waals surface area (Å²) in [6.45, 7) is 0. The summed E-state index contributed by atoms with van der Waals surface area (Å²) < 4.78 is 17.2. The molecular weight excluding hydrogens is 468 g/mol. The maximum absolute atomic E-state index is 6.47. The van der Waals surface area contributed by atoms with Crippen molar-refractivity contribution in [1.29, 1.82) is 0 Å². The highest BCUT2D eigenvalue weighted by Gasteiger charge is 2.24. The van der Waals surface area contributed by atoms with Gasteiger partial charge >= 0.3 is 5.78 Å². The van der Waals surface area contributed by atoms with E-state index in [1.54, 1.807) is 0 Å². The highest BCUT2D eigenvalue weighted by Crippen LogP contribution is 2.44. The molecule has 0 saturated carbocycles. The van der Waals surface area contributed by atoms with Gasteiger partial charge in [0.05, 0.1) is 27.3 Å². The highest BCUT2D eigenvalue weighted by molar-refractivity contribution is 6.26. The van der Waals surface area contributed by atoms with Gasteiger partial charge in [-0.2, -0.15) is 0 Å². The summed E-state index contributed by atoms with van der Waals surface area (Å²) in [5.41, 5.74) is 7.33. The minimum absolute atomic E-state index is 0.567. The van der Waals surface area contributed by atoms with E-state index in [4.69, 9.17) is 8.83 Å². The second-order valence-corrected chi connectivity index (χ2v) is 9.79. The molecule has 9 rings (SSSR count). The molecule has 5 aromatic carbocycles. The molecule has 38 heavy (non-hydrogen) atoms. The lowest BCUT2D eigenvalue weighted by Crippen LogP contribution is -1.95. The van der Waals surface area contributed by atoms with E-state index in [-0.39, 0.29) is 0 Å². The molecular formula is C34H20N2O2. The van der Waals surface area contributed by atoms with Gasteiger partial charge in [0, 0.05) is 32.9 Å². The van der Waals surface area contributed by atoms with E-state index in [1.165, 1.54) is 21.8 Å². The molecule has 0 spiro atoms. The van der Waals surface area contributed by atoms with Crippen LogP contribution in [0, 0.1) is 0 Å². The van der Waals surface area contributed by atoms with Gasteiger partial charge < -0.3 is 13.4 Å². The summed E-state index contributed by atoms with van der Waals surface area (Å²) in [6.07, 6.45) is 0. The maximum atomic E-state index is 6.47. The molecule has 0 aliphatic heterocycles. The zero-order valence-electron chi connectivity index (χ0n) is 20.3. The van der Waals surface area contributed by atoms with Crippen LogP contribution in [-0.2, 0) is 0 Å². The summed E-state index contributed by atoms with van der Waals surface area (Å²) >= 11 is 0. The molecule has 0 aliphatic carbocycles. The number of fused-ring (bicyclic) bond motifs is 10. The Kier molecular flexibility index (Phi) is 3.76. The molecule has 0 fully saturated rings. The zero-order chi connectivity index (χ0) is 24.8. The zero-order valence-corrected chi connectivity index (χ0v) is 20.3. The molecule has 0 amide bonds. The van der Waals surface area contributed by atoms with Crippen molar-refractivity contribution >= 4 is 65.9 Å². The minimum Gasteiger partial charge on any atom is -0.425 e. The predicted molar refractivity (Wildman–Crippen MR) is 155 cm³/mol. The van der Waals surface area contributed by atoms with Crippen LogP contribution in [0.15, 0.2) is 130 Å². The fourth-order valence-corrected chi connectivity index (χ4v) is 6.19. The van der Waals surface area contributed by atoms with Crippen LogP contribution < -0.4 is 0 Å². The number of nitrogens with zero attached hydrogens (tertiary/aromatic N) is 2. The molecule has 4 aromatic heterocycles. The normalized spacial score (nSPS) is 12.2. The largest absolute Gasteiger partial charge is 0.425 e. The van der Waals surface area contributed by atoms with E-state index < -0.39 is 0 Å². The van der Waals surface area contributed by atoms with Gasteiger partial charge in [-0.1, -0.05) is 72.8 Å². The number of furan rings is 2. The van der Waals surface area contributed by atoms with Gasteiger partial charge in [0.25, 0.3) is 0 Å². The number of aromatic nitrogens is 2. The van der Waals surface area contributed by atoms with Crippen LogP contribution in [0.1, 0.15) is 0 Å². The average Bonchev–Trinajstić information content (AvgIpc) is 3.68. The molecule has 9 aromatic rings. The van der Waals surface area contributed by atoms with Crippen LogP contribution in [0.4, 0.5) is 0 Å². The van der Waals surface area contributed by atoms with Crippen molar-refractivity contribution < 1.29 is 8.83 Å². The molecule has 178 valence electrons. The Morgan fingerprint density at radius 2 is 1.08 bits per heavy atom. The number of hydrogen-bond donors (Lipinski definition) is 0. The molecule has 0 N–H and O–H groups in total. The Hall–Kier alpha value is -5.22. The molecule has 0 bridgehead atoms. The lowest BCUT2D eigenvalue weighted by atomic mass is 10.1. The van der Waals surface area contributed by atoms with Crippen molar-refractivity contribution in [3.05, 3.63) is 121 Å². The second kappa shape index (κ2) is 7.17. The highest BCUT2D eigenvalue weighted by atomic mass is 16.5. The van der Waals surface area contributed by atoms with Crippen LogP contribution in [0.2, 0.25) is 0 Å². The summed E-state index contributed by atoms with van der Waals surface area (Å²) in [5, 5.41) is 6.78. The second-order valence-electron chi connectivity index (χ2n) is 9.79. The number of para-hydroxylation sites is 4. The third-order valence-corrected chi connectivity index (χ3v) is 7.76. The Bertz CT molecular complexity index is 2350. The lowest BCUT2D eigenvalue weighted by Gasteiger charge is -2.09. The van der Waals surface area contributed by atoms with Gasteiger partial charge in [-0.25, -0.2) is 0 Å². The third kappa shape index (κ3) is 2.49. The van der Waals surface area contributed by atoms with Crippen LogP contribution in [0.25, 0.3) is 77.3 Å². The van der Waals surface area contributed by atoms with Gasteiger partial charge in [0.2, 0.25) is 5.71 Å². The molecule has 4 heterocycles. The first-order valence-corrected chi connectivity index (χ1v) is 12.8. The summed E-state index contributed by atoms with van der Waals surface area (Å²) in [7, 11) is 0. The van der Waals surface area contributed by atoms with E-state index in [0.717, 1.165) is 49.7 Å². The molecule has 4 nitrogen and oxygen atoms in total. The molecule has 0 unspecified atom stereocenters. The fraction of sp³-hybridized carbons (Fsp3) is 0. The van der Waals surface area contributed by atoms with Crippen LogP contribution in [0.3, 0.4) is 0 Å². The minimum atomic E-state index is 0.567. The van der Waals surface area contributed by atoms with Crippen molar-refractivity contribution in [2.24, 2.45) is 0 Å². The number of benzene rings is 5.